The summed E-state index contributed by atoms with van der Waals surface area (Å²) in [5.41, 5.74) is 3.75. The number of aromatic amines is 1. The second-order valence-electron chi connectivity index (χ2n) is 6.07. The molecule has 0 fully saturated rings. The number of esters is 1. The van der Waals surface area contributed by atoms with Gasteiger partial charge in [-0.1, -0.05) is 12.1 Å². The van der Waals surface area contributed by atoms with E-state index in [1.54, 1.807) is 7.05 Å². The molecule has 1 aromatic carbocycles. The van der Waals surface area contributed by atoms with Crippen molar-refractivity contribution in [1.29, 1.82) is 0 Å². The zero-order valence-corrected chi connectivity index (χ0v) is 15.3. The van der Waals surface area contributed by atoms with Crippen molar-refractivity contribution in [1.82, 2.24) is 15.6 Å². The van der Waals surface area contributed by atoms with E-state index in [1.165, 1.54) is 29.1 Å². The Balaban J connectivity index is 1.71. The molecule has 6 nitrogen and oxygen atoms in total. The third-order valence-electron chi connectivity index (χ3n) is 4.16. The van der Waals surface area contributed by atoms with Crippen LogP contribution in [0.25, 0.3) is 10.9 Å². The molecule has 0 unspecified atom stereocenters. The number of hydrogen-bond acceptors (Lipinski definition) is 3. The van der Waals surface area contributed by atoms with E-state index in [0.717, 1.165) is 38.3 Å². The van der Waals surface area contributed by atoms with Crippen LogP contribution >= 0.6 is 0 Å². The molecule has 0 aliphatic heterocycles. The molecule has 2 rings (SSSR count). The van der Waals surface area contributed by atoms with E-state index in [1.807, 2.05) is 0 Å². The van der Waals surface area contributed by atoms with Crippen molar-refractivity contribution in [3.05, 3.63) is 35.5 Å². The molecule has 3 N–H and O–H groups in total. The number of methoxy groups -OCH3 is 1. The van der Waals surface area contributed by atoms with Gasteiger partial charge in [0.05, 0.1) is 7.11 Å². The van der Waals surface area contributed by atoms with Gasteiger partial charge in [-0.3, -0.25) is 9.79 Å². The third-order valence-corrected chi connectivity index (χ3v) is 4.16. The number of carbonyl (C=O) groups is 1. The van der Waals surface area contributed by atoms with Crippen molar-refractivity contribution in [2.24, 2.45) is 4.99 Å². The van der Waals surface area contributed by atoms with E-state index in [2.05, 4.69) is 56.7 Å². The van der Waals surface area contributed by atoms with Crippen molar-refractivity contribution in [3.63, 3.8) is 0 Å². The fraction of sp³-hybridized carbons (Fsp3) is 0.474. The van der Waals surface area contributed by atoms with Crippen molar-refractivity contribution < 1.29 is 9.53 Å². The minimum Gasteiger partial charge on any atom is -0.469 e. The molecule has 0 aliphatic carbocycles. The first-order valence-electron chi connectivity index (χ1n) is 8.72. The van der Waals surface area contributed by atoms with Crippen LogP contribution in [0.5, 0.6) is 0 Å². The summed E-state index contributed by atoms with van der Waals surface area (Å²) in [5.74, 6) is 0.630. The summed E-state index contributed by atoms with van der Waals surface area (Å²) < 4.78 is 4.63. The van der Waals surface area contributed by atoms with E-state index in [4.69, 9.17) is 0 Å². The highest BCUT2D eigenvalue weighted by molar-refractivity contribution is 5.84. The highest BCUT2D eigenvalue weighted by Crippen LogP contribution is 2.19. The van der Waals surface area contributed by atoms with Crippen LogP contribution in [0.2, 0.25) is 0 Å². The molecule has 0 saturated heterocycles. The molecule has 6 heteroatoms. The Labute approximate surface area is 149 Å². The second kappa shape index (κ2) is 9.71. The summed E-state index contributed by atoms with van der Waals surface area (Å²) in [7, 11) is 3.18. The van der Waals surface area contributed by atoms with Gasteiger partial charge in [0.25, 0.3) is 0 Å². The number of hydrogen-bond donors (Lipinski definition) is 3. The van der Waals surface area contributed by atoms with Crippen LogP contribution in [0, 0.1) is 6.92 Å². The third kappa shape index (κ3) is 5.81. The number of unbranched alkanes of at least 4 members (excludes halogenated alkanes) is 1. The number of fused-ring (bicyclic) bond motifs is 1. The molecule has 0 saturated carbocycles. The molecule has 0 atom stereocenters. The fourth-order valence-corrected chi connectivity index (χ4v) is 2.75. The van der Waals surface area contributed by atoms with Crippen LogP contribution in [0.15, 0.2) is 29.4 Å². The lowest BCUT2D eigenvalue weighted by Crippen LogP contribution is -2.38. The van der Waals surface area contributed by atoms with E-state index >= 15 is 0 Å². The van der Waals surface area contributed by atoms with Crippen LogP contribution in [0.3, 0.4) is 0 Å². The quantitative estimate of drug-likeness (QED) is 0.298. The Hall–Kier alpha value is -2.50. The molecule has 0 amide bonds. The first kappa shape index (κ1) is 18.8. The number of nitrogens with one attached hydrogen (secondary N) is 3. The van der Waals surface area contributed by atoms with Gasteiger partial charge < -0.3 is 20.4 Å². The van der Waals surface area contributed by atoms with Gasteiger partial charge in [-0.15, -0.1) is 0 Å². The Morgan fingerprint density at radius 1 is 1.24 bits per heavy atom. The SMILES string of the molecule is CN=C(NCCCCC(=O)OC)NCCc1c[nH]c2cc(C)ccc12. The van der Waals surface area contributed by atoms with Crippen LogP contribution in [-0.4, -0.2) is 44.2 Å². The molecule has 1 aromatic heterocycles. The smallest absolute Gasteiger partial charge is 0.305 e. The van der Waals surface area contributed by atoms with E-state index in [9.17, 15) is 4.79 Å². The summed E-state index contributed by atoms with van der Waals surface area (Å²) in [4.78, 5) is 18.6. The summed E-state index contributed by atoms with van der Waals surface area (Å²) >= 11 is 0. The molecular formula is C19H28N4O2. The molecule has 1 heterocycles. The average molecular weight is 344 g/mol. The predicted molar refractivity (Wildman–Crippen MR) is 102 cm³/mol. The Morgan fingerprint density at radius 3 is 2.80 bits per heavy atom. The maximum atomic E-state index is 11.0. The summed E-state index contributed by atoms with van der Waals surface area (Å²) in [6.07, 6.45) is 5.17. The van der Waals surface area contributed by atoms with E-state index < -0.39 is 0 Å². The Kier molecular flexibility index (Phi) is 7.32. The van der Waals surface area contributed by atoms with Crippen molar-refractivity contribution in [2.45, 2.75) is 32.6 Å². The van der Waals surface area contributed by atoms with Gasteiger partial charge in [-0.25, -0.2) is 0 Å². The molecule has 0 radical (unpaired) electrons. The minimum atomic E-state index is -0.156. The minimum absolute atomic E-state index is 0.156. The summed E-state index contributed by atoms with van der Waals surface area (Å²) in [5, 5.41) is 7.87. The number of benzene rings is 1. The van der Waals surface area contributed by atoms with Gasteiger partial charge in [0.1, 0.15) is 0 Å². The molecule has 136 valence electrons. The van der Waals surface area contributed by atoms with Gasteiger partial charge in [0.2, 0.25) is 0 Å². The number of H-pyrrole nitrogens is 1. The lowest BCUT2D eigenvalue weighted by molar-refractivity contribution is -0.140. The molecule has 25 heavy (non-hydrogen) atoms. The second-order valence-corrected chi connectivity index (χ2v) is 6.07. The van der Waals surface area contributed by atoms with Crippen LogP contribution in [0.4, 0.5) is 0 Å². The first-order valence-corrected chi connectivity index (χ1v) is 8.72. The van der Waals surface area contributed by atoms with Crippen molar-refractivity contribution in [2.75, 3.05) is 27.2 Å². The number of carbonyl (C=O) groups excluding carboxylic acids is 1. The highest BCUT2D eigenvalue weighted by atomic mass is 16.5. The molecule has 2 aromatic rings. The van der Waals surface area contributed by atoms with Gasteiger partial charge in [0.15, 0.2) is 5.96 Å². The zero-order valence-electron chi connectivity index (χ0n) is 15.3. The van der Waals surface area contributed by atoms with Crippen LogP contribution in [-0.2, 0) is 16.0 Å². The number of aromatic nitrogens is 1. The standard InChI is InChI=1S/C19H28N4O2/c1-14-7-8-16-15(13-23-17(16)12-14)9-11-22-19(20-2)21-10-5-4-6-18(24)25-3/h7-8,12-13,23H,4-6,9-11H2,1-3H3,(H2,20,21,22). The number of guanidine groups is 1. The molecule has 0 spiro atoms. The van der Waals surface area contributed by atoms with E-state index in [0.29, 0.717) is 6.42 Å². The largest absolute Gasteiger partial charge is 0.469 e. The average Bonchev–Trinajstić information content (AvgIpc) is 3.01. The number of nitrogens with zero attached hydrogens (tertiary/aromatic N) is 1. The Bertz CT molecular complexity index is 721. The lowest BCUT2D eigenvalue weighted by Gasteiger charge is -2.11. The molecular weight excluding hydrogens is 316 g/mol. The maximum absolute atomic E-state index is 11.0. The number of aliphatic imine (C=N–C) groups is 1. The maximum Gasteiger partial charge on any atom is 0.305 e. The Morgan fingerprint density at radius 2 is 2.04 bits per heavy atom. The topological polar surface area (TPSA) is 78.5 Å². The monoisotopic (exact) mass is 344 g/mol. The lowest BCUT2D eigenvalue weighted by atomic mass is 10.1. The number of ether oxygens (including phenoxy) is 1. The molecule has 0 aliphatic rings. The van der Waals surface area contributed by atoms with Gasteiger partial charge >= 0.3 is 5.97 Å². The normalized spacial score (nSPS) is 11.6. The highest BCUT2D eigenvalue weighted by Gasteiger charge is 2.04. The van der Waals surface area contributed by atoms with Crippen molar-refractivity contribution >= 4 is 22.8 Å². The van der Waals surface area contributed by atoms with E-state index in [-0.39, 0.29) is 5.97 Å². The predicted octanol–water partition coefficient (Wildman–Crippen LogP) is 2.53. The molecule has 0 bridgehead atoms. The fourth-order valence-electron chi connectivity index (χ4n) is 2.75. The van der Waals surface area contributed by atoms with Crippen LogP contribution < -0.4 is 10.6 Å². The van der Waals surface area contributed by atoms with Crippen molar-refractivity contribution in [3.8, 4) is 0 Å². The summed E-state index contributed by atoms with van der Waals surface area (Å²) in [6, 6.07) is 6.48. The van der Waals surface area contributed by atoms with Gasteiger partial charge in [-0.2, -0.15) is 0 Å². The zero-order chi connectivity index (χ0) is 18.1. The number of aryl methyl sites for hydroxylation is 1. The van der Waals surface area contributed by atoms with Gasteiger partial charge in [0, 0.05) is 43.7 Å². The summed E-state index contributed by atoms with van der Waals surface area (Å²) in [6.45, 7) is 3.69. The first-order chi connectivity index (χ1) is 12.1. The van der Waals surface area contributed by atoms with Gasteiger partial charge in [-0.05, 0) is 43.4 Å². The number of rotatable bonds is 8. The van der Waals surface area contributed by atoms with Crippen LogP contribution in [0.1, 0.15) is 30.4 Å².